The van der Waals surface area contributed by atoms with E-state index in [1.807, 2.05) is 0 Å². The molecule has 0 spiro atoms. The van der Waals surface area contributed by atoms with E-state index in [1.54, 1.807) is 4.90 Å². The van der Waals surface area contributed by atoms with Gasteiger partial charge < -0.3 is 15.1 Å². The van der Waals surface area contributed by atoms with Crippen molar-refractivity contribution in [3.05, 3.63) is 41.5 Å². The predicted octanol–water partition coefficient (Wildman–Crippen LogP) is 7.04. The molecule has 1 saturated heterocycles. The Labute approximate surface area is 243 Å². The molecule has 3 aliphatic carbocycles. The lowest BCUT2D eigenvalue weighted by Crippen LogP contribution is -2.52. The second-order valence-corrected chi connectivity index (χ2v) is 12.6. The van der Waals surface area contributed by atoms with Crippen molar-refractivity contribution < 1.29 is 22.8 Å². The van der Waals surface area contributed by atoms with Crippen LogP contribution < -0.4 is 5.32 Å². The molecular weight excluding hydrogens is 529 g/mol. The number of halogens is 3. The number of carbonyl (C=O) groups is 2. The van der Waals surface area contributed by atoms with Crippen LogP contribution in [0.3, 0.4) is 0 Å². The molecule has 1 aliphatic heterocycles. The molecule has 0 radical (unpaired) electrons. The molecule has 1 aromatic carbocycles. The van der Waals surface area contributed by atoms with E-state index in [2.05, 4.69) is 42.0 Å². The van der Waals surface area contributed by atoms with Gasteiger partial charge in [-0.1, -0.05) is 58.1 Å². The van der Waals surface area contributed by atoms with Crippen molar-refractivity contribution in [2.75, 3.05) is 51.1 Å². The number of unbranched alkanes of at least 4 members (excludes halogenated alkanes) is 4. The summed E-state index contributed by atoms with van der Waals surface area (Å²) in [5.41, 5.74) is 1.36. The van der Waals surface area contributed by atoms with Crippen LogP contribution >= 0.6 is 0 Å². The van der Waals surface area contributed by atoms with Crippen molar-refractivity contribution in [3.8, 4) is 0 Å². The maximum Gasteiger partial charge on any atom is 0.416 e. The lowest BCUT2D eigenvalue weighted by Gasteiger charge is -2.57. The van der Waals surface area contributed by atoms with Crippen molar-refractivity contribution in [1.29, 1.82) is 0 Å². The van der Waals surface area contributed by atoms with Gasteiger partial charge in [-0.25, -0.2) is 4.79 Å². The summed E-state index contributed by atoms with van der Waals surface area (Å²) in [6.45, 7) is 11.5. The Morgan fingerprint density at radius 3 is 2.32 bits per heavy atom. The molecule has 0 aromatic heterocycles. The summed E-state index contributed by atoms with van der Waals surface area (Å²) in [6, 6.07) is 4.19. The quantitative estimate of drug-likeness (QED) is 0.215. The predicted molar refractivity (Wildman–Crippen MR) is 157 cm³/mol. The zero-order valence-electron chi connectivity index (χ0n) is 24.9. The zero-order chi connectivity index (χ0) is 29.6. The van der Waals surface area contributed by atoms with Crippen LogP contribution in [0.15, 0.2) is 35.9 Å². The number of fused-ring (bicyclic) bond motifs is 1. The third kappa shape index (κ3) is 8.05. The van der Waals surface area contributed by atoms with E-state index in [0.29, 0.717) is 56.2 Å². The van der Waals surface area contributed by atoms with Crippen LogP contribution in [0.4, 0.5) is 23.7 Å². The summed E-state index contributed by atoms with van der Waals surface area (Å²) >= 11 is 0. The van der Waals surface area contributed by atoms with Gasteiger partial charge in [0.1, 0.15) is 0 Å². The highest BCUT2D eigenvalue weighted by molar-refractivity contribution is 5.89. The van der Waals surface area contributed by atoms with E-state index >= 15 is 0 Å². The van der Waals surface area contributed by atoms with Crippen LogP contribution in [-0.4, -0.2) is 72.5 Å². The van der Waals surface area contributed by atoms with E-state index in [0.717, 1.165) is 50.4 Å². The number of hydrogen-bond donors (Lipinski definition) is 1. The average Bonchev–Trinajstić information content (AvgIpc) is 2.95. The monoisotopic (exact) mass is 576 g/mol. The molecule has 2 fully saturated rings. The fourth-order valence-corrected chi connectivity index (χ4v) is 6.59. The van der Waals surface area contributed by atoms with Crippen LogP contribution in [0.1, 0.15) is 77.7 Å². The van der Waals surface area contributed by atoms with E-state index in [1.165, 1.54) is 43.4 Å². The van der Waals surface area contributed by atoms with Crippen molar-refractivity contribution in [2.24, 2.45) is 17.3 Å². The number of carbonyl (C=O) groups excluding carboxylic acids is 2. The molecule has 41 heavy (non-hydrogen) atoms. The van der Waals surface area contributed by atoms with E-state index < -0.39 is 11.7 Å². The number of nitrogens with one attached hydrogen (secondary N) is 1. The molecule has 1 aromatic rings. The first kappa shape index (κ1) is 31.4. The molecule has 6 nitrogen and oxygen atoms in total. The van der Waals surface area contributed by atoms with Gasteiger partial charge in [-0.05, 0) is 60.8 Å². The molecule has 2 atom stereocenters. The van der Waals surface area contributed by atoms with Gasteiger partial charge in [0.15, 0.2) is 0 Å². The summed E-state index contributed by atoms with van der Waals surface area (Å²) < 4.78 is 38.4. The van der Waals surface area contributed by atoms with Crippen LogP contribution in [0.25, 0.3) is 0 Å². The lowest BCUT2D eigenvalue weighted by atomic mass is 9.49. The van der Waals surface area contributed by atoms with Gasteiger partial charge in [0, 0.05) is 57.9 Å². The molecular formula is C32H47F3N4O2. The third-order valence-corrected chi connectivity index (χ3v) is 9.61. The minimum absolute atomic E-state index is 0.246. The molecule has 1 saturated carbocycles. The number of benzene rings is 1. The van der Waals surface area contributed by atoms with Crippen LogP contribution in [0, 0.1) is 17.3 Å². The Hall–Kier alpha value is -2.55. The number of allylic oxidation sites excluding steroid dienone is 1. The minimum Gasteiger partial charge on any atom is -0.337 e. The Balaban J connectivity index is 1.26. The van der Waals surface area contributed by atoms with Crippen molar-refractivity contribution in [1.82, 2.24) is 14.7 Å². The highest BCUT2D eigenvalue weighted by Crippen LogP contribution is 2.59. The molecule has 3 amide bonds. The first-order valence-corrected chi connectivity index (χ1v) is 15.4. The number of alkyl halides is 3. The summed E-state index contributed by atoms with van der Waals surface area (Å²) in [6.07, 6.45) is 6.59. The fraction of sp³-hybridized carbons (Fsp3) is 0.688. The van der Waals surface area contributed by atoms with Gasteiger partial charge in [-0.15, -0.1) is 0 Å². The highest BCUT2D eigenvalue weighted by atomic mass is 19.4. The largest absolute Gasteiger partial charge is 0.416 e. The Kier molecular flexibility index (Phi) is 10.4. The van der Waals surface area contributed by atoms with Gasteiger partial charge in [-0.2, -0.15) is 13.2 Å². The molecule has 5 rings (SSSR count). The maximum absolute atomic E-state index is 13.4. The molecule has 2 bridgehead atoms. The second kappa shape index (κ2) is 13.6. The third-order valence-electron chi connectivity index (χ3n) is 9.61. The second-order valence-electron chi connectivity index (χ2n) is 12.6. The summed E-state index contributed by atoms with van der Waals surface area (Å²) in [5, 5.41) is 2.70. The average molecular weight is 577 g/mol. The molecule has 228 valence electrons. The number of piperazine rings is 1. The van der Waals surface area contributed by atoms with Gasteiger partial charge in [0.05, 0.1) is 5.56 Å². The van der Waals surface area contributed by atoms with Gasteiger partial charge in [0.25, 0.3) is 0 Å². The maximum atomic E-state index is 13.4. The first-order valence-electron chi connectivity index (χ1n) is 15.4. The normalized spacial score (nSPS) is 22.1. The van der Waals surface area contributed by atoms with Crippen molar-refractivity contribution >= 4 is 17.6 Å². The number of urea groups is 1. The first-order chi connectivity index (χ1) is 19.5. The SMILES string of the molecule is CCCCCCCC(=O)N(CCN1CCN(C(=O)Nc2ccc(C(F)(F)F)cc2)CC1)CC1=CCC2CC1C2(C)C. The molecule has 2 unspecified atom stereocenters. The van der Waals surface area contributed by atoms with E-state index in [9.17, 15) is 22.8 Å². The zero-order valence-corrected chi connectivity index (χ0v) is 24.9. The summed E-state index contributed by atoms with van der Waals surface area (Å²) in [5.74, 6) is 1.59. The number of hydrogen-bond acceptors (Lipinski definition) is 3. The number of anilines is 1. The standard InChI is InChI=1S/C32H47F3N4O2/c1-4-5-6-7-8-9-29(40)39(23-24-10-11-26-22-28(24)31(26,2)3)21-18-37-16-19-38(20-17-37)30(41)36-27-14-12-25(13-15-27)32(33,34)35/h10,12-15,26,28H,4-9,11,16-23H2,1-3H3,(H,36,41). The molecule has 1 heterocycles. The Morgan fingerprint density at radius 1 is 1.02 bits per heavy atom. The molecule has 4 aliphatic rings. The highest BCUT2D eigenvalue weighted by Gasteiger charge is 2.51. The van der Waals surface area contributed by atoms with Crippen LogP contribution in [0.5, 0.6) is 0 Å². The number of amides is 3. The summed E-state index contributed by atoms with van der Waals surface area (Å²) in [4.78, 5) is 32.1. The fourth-order valence-electron chi connectivity index (χ4n) is 6.59. The van der Waals surface area contributed by atoms with Crippen LogP contribution in [0.2, 0.25) is 0 Å². The molecule has 1 N–H and O–H groups in total. The number of rotatable bonds is 12. The topological polar surface area (TPSA) is 55.9 Å². The summed E-state index contributed by atoms with van der Waals surface area (Å²) in [7, 11) is 0. The van der Waals surface area contributed by atoms with Crippen LogP contribution in [-0.2, 0) is 11.0 Å². The molecule has 9 heteroatoms. The lowest BCUT2D eigenvalue weighted by molar-refractivity contribution is -0.137. The Morgan fingerprint density at radius 2 is 1.71 bits per heavy atom. The van der Waals surface area contributed by atoms with Crippen molar-refractivity contribution in [3.63, 3.8) is 0 Å². The minimum atomic E-state index is -4.40. The van der Waals surface area contributed by atoms with Gasteiger partial charge >= 0.3 is 12.2 Å². The van der Waals surface area contributed by atoms with E-state index in [-0.39, 0.29) is 11.9 Å². The smallest absolute Gasteiger partial charge is 0.337 e. The van der Waals surface area contributed by atoms with Gasteiger partial charge in [0.2, 0.25) is 5.91 Å². The van der Waals surface area contributed by atoms with Gasteiger partial charge in [-0.3, -0.25) is 9.69 Å². The Bertz CT molecular complexity index is 1060. The number of nitrogens with zero attached hydrogens (tertiary/aromatic N) is 3. The van der Waals surface area contributed by atoms with E-state index in [4.69, 9.17) is 0 Å². The van der Waals surface area contributed by atoms with Crippen molar-refractivity contribution in [2.45, 2.75) is 78.3 Å².